The van der Waals surface area contributed by atoms with Crippen LogP contribution in [0.1, 0.15) is 33.3 Å². The van der Waals surface area contributed by atoms with E-state index in [4.69, 9.17) is 5.73 Å². The zero-order valence-electron chi connectivity index (χ0n) is 11.9. The minimum absolute atomic E-state index is 0.0288. The Balaban J connectivity index is 2.47. The number of nitrogens with one attached hydrogen (secondary N) is 1. The van der Waals surface area contributed by atoms with Gasteiger partial charge in [0.2, 0.25) is 5.91 Å². The van der Waals surface area contributed by atoms with Gasteiger partial charge in [-0.05, 0) is 40.2 Å². The van der Waals surface area contributed by atoms with Crippen molar-refractivity contribution in [3.05, 3.63) is 18.0 Å². The molecular formula is C13H24N4O. The lowest BCUT2D eigenvalue weighted by Crippen LogP contribution is -2.55. The molecule has 1 aromatic heterocycles. The highest BCUT2D eigenvalue weighted by molar-refractivity contribution is 5.83. The molecule has 5 heteroatoms. The van der Waals surface area contributed by atoms with Crippen LogP contribution >= 0.6 is 0 Å². The molecule has 0 radical (unpaired) electrons. The number of rotatable bonds is 5. The summed E-state index contributed by atoms with van der Waals surface area (Å²) in [6.07, 6.45) is 3.75. The summed E-state index contributed by atoms with van der Waals surface area (Å²) >= 11 is 0. The monoisotopic (exact) mass is 252 g/mol. The predicted octanol–water partition coefficient (Wildman–Crippen LogP) is 1.07. The van der Waals surface area contributed by atoms with Gasteiger partial charge in [0, 0.05) is 18.3 Å². The lowest BCUT2D eigenvalue weighted by atomic mass is 9.74. The summed E-state index contributed by atoms with van der Waals surface area (Å²) in [6, 6.07) is 0. The van der Waals surface area contributed by atoms with Crippen LogP contribution in [0, 0.1) is 12.3 Å². The van der Waals surface area contributed by atoms with E-state index in [1.165, 1.54) is 0 Å². The second-order valence-corrected chi connectivity index (χ2v) is 5.88. The first-order valence-corrected chi connectivity index (χ1v) is 6.21. The van der Waals surface area contributed by atoms with Gasteiger partial charge in [0.1, 0.15) is 0 Å². The molecule has 0 fully saturated rings. The maximum Gasteiger partial charge on any atom is 0.227 e. The van der Waals surface area contributed by atoms with E-state index in [0.29, 0.717) is 13.1 Å². The SMILES string of the molecule is Cc1cnn(CCNC(=O)C(C)(C)C(C)(C)N)c1. The Morgan fingerprint density at radius 2 is 2.06 bits per heavy atom. The second kappa shape index (κ2) is 5.10. The molecular weight excluding hydrogens is 228 g/mol. The van der Waals surface area contributed by atoms with E-state index in [1.807, 2.05) is 45.5 Å². The maximum atomic E-state index is 12.1. The lowest BCUT2D eigenvalue weighted by Gasteiger charge is -2.36. The van der Waals surface area contributed by atoms with E-state index in [2.05, 4.69) is 10.4 Å². The summed E-state index contributed by atoms with van der Waals surface area (Å²) in [6.45, 7) is 10.7. The van der Waals surface area contributed by atoms with Gasteiger partial charge in [-0.15, -0.1) is 0 Å². The normalized spacial score (nSPS) is 12.6. The molecule has 1 rings (SSSR count). The average Bonchev–Trinajstić information content (AvgIpc) is 2.62. The number of nitrogens with two attached hydrogens (primary N) is 1. The Morgan fingerprint density at radius 1 is 1.44 bits per heavy atom. The molecule has 0 bridgehead atoms. The summed E-state index contributed by atoms with van der Waals surface area (Å²) in [7, 11) is 0. The van der Waals surface area contributed by atoms with Gasteiger partial charge in [-0.2, -0.15) is 5.10 Å². The van der Waals surface area contributed by atoms with Gasteiger partial charge in [-0.25, -0.2) is 0 Å². The first-order chi connectivity index (χ1) is 8.14. The third kappa shape index (κ3) is 3.32. The van der Waals surface area contributed by atoms with Crippen LogP contribution in [-0.4, -0.2) is 27.8 Å². The van der Waals surface area contributed by atoms with Gasteiger partial charge in [0.15, 0.2) is 0 Å². The van der Waals surface area contributed by atoms with Crippen molar-refractivity contribution in [3.8, 4) is 0 Å². The summed E-state index contributed by atoms with van der Waals surface area (Å²) in [5.74, 6) is -0.0288. The van der Waals surface area contributed by atoms with Crippen molar-refractivity contribution in [1.82, 2.24) is 15.1 Å². The van der Waals surface area contributed by atoms with Gasteiger partial charge in [0.05, 0.1) is 18.2 Å². The quantitative estimate of drug-likeness (QED) is 0.823. The second-order valence-electron chi connectivity index (χ2n) is 5.88. The van der Waals surface area contributed by atoms with Crippen LogP contribution in [0.25, 0.3) is 0 Å². The number of carbonyl (C=O) groups excluding carboxylic acids is 1. The van der Waals surface area contributed by atoms with Gasteiger partial charge in [0.25, 0.3) is 0 Å². The van der Waals surface area contributed by atoms with Crippen molar-refractivity contribution < 1.29 is 4.79 Å². The molecule has 18 heavy (non-hydrogen) atoms. The van der Waals surface area contributed by atoms with Crippen LogP contribution < -0.4 is 11.1 Å². The highest BCUT2D eigenvalue weighted by Crippen LogP contribution is 2.28. The van der Waals surface area contributed by atoms with E-state index in [1.54, 1.807) is 6.20 Å². The molecule has 0 unspecified atom stereocenters. The molecule has 0 aliphatic carbocycles. The topological polar surface area (TPSA) is 72.9 Å². The number of aryl methyl sites for hydroxylation is 1. The number of hydrogen-bond donors (Lipinski definition) is 2. The first kappa shape index (κ1) is 14.7. The number of nitrogens with zero attached hydrogens (tertiary/aromatic N) is 2. The Kier molecular flexibility index (Phi) is 4.16. The van der Waals surface area contributed by atoms with Crippen molar-refractivity contribution in [3.63, 3.8) is 0 Å². The highest BCUT2D eigenvalue weighted by Gasteiger charge is 2.40. The van der Waals surface area contributed by atoms with E-state index in [9.17, 15) is 4.79 Å². The standard InChI is InChI=1S/C13H24N4O/c1-10-8-16-17(9-10)7-6-15-11(18)12(2,3)13(4,5)14/h8-9H,6-7,14H2,1-5H3,(H,15,18). The van der Waals surface area contributed by atoms with Crippen molar-refractivity contribution >= 4 is 5.91 Å². The zero-order chi connectivity index (χ0) is 14.0. The molecule has 0 aromatic carbocycles. The van der Waals surface area contributed by atoms with E-state index in [0.717, 1.165) is 5.56 Å². The Morgan fingerprint density at radius 3 is 2.50 bits per heavy atom. The van der Waals surface area contributed by atoms with Crippen molar-refractivity contribution in [2.24, 2.45) is 11.1 Å². The summed E-state index contributed by atoms with van der Waals surface area (Å²) in [4.78, 5) is 12.1. The fourth-order valence-corrected chi connectivity index (χ4v) is 1.39. The number of amides is 1. The van der Waals surface area contributed by atoms with Crippen LogP contribution in [0.3, 0.4) is 0 Å². The molecule has 102 valence electrons. The molecule has 5 nitrogen and oxygen atoms in total. The molecule has 3 N–H and O–H groups in total. The van der Waals surface area contributed by atoms with Crippen molar-refractivity contribution in [2.75, 3.05) is 6.54 Å². The predicted molar refractivity (Wildman–Crippen MR) is 72.0 cm³/mol. The first-order valence-electron chi connectivity index (χ1n) is 6.21. The van der Waals surface area contributed by atoms with Gasteiger partial charge in [-0.3, -0.25) is 9.48 Å². The van der Waals surface area contributed by atoms with Gasteiger partial charge in [-0.1, -0.05) is 0 Å². The van der Waals surface area contributed by atoms with Crippen molar-refractivity contribution in [1.29, 1.82) is 0 Å². The lowest BCUT2D eigenvalue weighted by molar-refractivity contribution is -0.132. The fraction of sp³-hybridized carbons (Fsp3) is 0.692. The largest absolute Gasteiger partial charge is 0.354 e. The van der Waals surface area contributed by atoms with Gasteiger partial charge >= 0.3 is 0 Å². The van der Waals surface area contributed by atoms with Crippen LogP contribution in [0.15, 0.2) is 12.4 Å². The third-order valence-corrected chi connectivity index (χ3v) is 3.57. The van der Waals surface area contributed by atoms with Crippen LogP contribution in [0.2, 0.25) is 0 Å². The average molecular weight is 252 g/mol. The zero-order valence-corrected chi connectivity index (χ0v) is 11.9. The number of aromatic nitrogens is 2. The molecule has 1 amide bonds. The fourth-order valence-electron chi connectivity index (χ4n) is 1.39. The van der Waals surface area contributed by atoms with E-state index >= 15 is 0 Å². The smallest absolute Gasteiger partial charge is 0.227 e. The summed E-state index contributed by atoms with van der Waals surface area (Å²) in [5.41, 5.74) is 5.98. The Labute approximate surface area is 109 Å². The number of hydrogen-bond acceptors (Lipinski definition) is 3. The molecule has 0 saturated carbocycles. The molecule has 0 aliphatic heterocycles. The molecule has 0 aliphatic rings. The minimum Gasteiger partial charge on any atom is -0.354 e. The van der Waals surface area contributed by atoms with Gasteiger partial charge < -0.3 is 11.1 Å². The third-order valence-electron chi connectivity index (χ3n) is 3.57. The van der Waals surface area contributed by atoms with Crippen LogP contribution in [0.4, 0.5) is 0 Å². The van der Waals surface area contributed by atoms with Crippen LogP contribution in [0.5, 0.6) is 0 Å². The van der Waals surface area contributed by atoms with Crippen molar-refractivity contribution in [2.45, 2.75) is 46.7 Å². The molecule has 1 heterocycles. The number of carbonyl (C=O) groups is 1. The highest BCUT2D eigenvalue weighted by atomic mass is 16.2. The van der Waals surface area contributed by atoms with Crippen LogP contribution in [-0.2, 0) is 11.3 Å². The Bertz CT molecular complexity index is 415. The summed E-state index contributed by atoms with van der Waals surface area (Å²) in [5, 5.41) is 7.07. The minimum atomic E-state index is -0.604. The van der Waals surface area contributed by atoms with E-state index < -0.39 is 11.0 Å². The Hall–Kier alpha value is -1.36. The molecule has 0 spiro atoms. The van der Waals surface area contributed by atoms with E-state index in [-0.39, 0.29) is 5.91 Å². The maximum absolute atomic E-state index is 12.1. The molecule has 0 saturated heterocycles. The molecule has 0 atom stereocenters. The molecule has 1 aromatic rings. The summed E-state index contributed by atoms with van der Waals surface area (Å²) < 4.78 is 1.82.